The van der Waals surface area contributed by atoms with Gasteiger partial charge in [0.2, 0.25) is 0 Å². The van der Waals surface area contributed by atoms with Crippen LogP contribution in [0.2, 0.25) is 0 Å². The van der Waals surface area contributed by atoms with Crippen LogP contribution >= 0.6 is 0 Å². The number of alkyl halides is 6. The second-order valence-electron chi connectivity index (χ2n) is 6.74. The summed E-state index contributed by atoms with van der Waals surface area (Å²) in [4.78, 5) is 12.9. The van der Waals surface area contributed by atoms with Gasteiger partial charge in [-0.3, -0.25) is 4.79 Å². The first-order valence-corrected chi connectivity index (χ1v) is 8.93. The maximum Gasteiger partial charge on any atom is 0.416 e. The van der Waals surface area contributed by atoms with E-state index in [0.29, 0.717) is 17.8 Å². The number of para-hydroxylation sites is 1. The lowest BCUT2D eigenvalue weighted by Gasteiger charge is -2.16. The maximum absolute atomic E-state index is 13.3. The van der Waals surface area contributed by atoms with E-state index in [4.69, 9.17) is 0 Å². The maximum atomic E-state index is 13.3. The molecule has 0 aliphatic carbocycles. The smallest absolute Gasteiger partial charge is 0.267 e. The van der Waals surface area contributed by atoms with Gasteiger partial charge >= 0.3 is 12.4 Å². The fourth-order valence-electron chi connectivity index (χ4n) is 3.24. The molecule has 0 bridgehead atoms. The topological polar surface area (TPSA) is 34.9 Å². The van der Waals surface area contributed by atoms with Gasteiger partial charge in [-0.2, -0.15) is 36.1 Å². The highest BCUT2D eigenvalue weighted by Gasteiger charge is 2.37. The zero-order valence-electron chi connectivity index (χ0n) is 15.5. The minimum absolute atomic E-state index is 0.0545. The number of fused-ring (bicyclic) bond motifs is 1. The molecule has 0 fully saturated rings. The van der Waals surface area contributed by atoms with E-state index >= 15 is 0 Å². The van der Waals surface area contributed by atoms with Crippen molar-refractivity contribution < 1.29 is 26.3 Å². The third-order valence-corrected chi connectivity index (χ3v) is 4.67. The van der Waals surface area contributed by atoms with Crippen LogP contribution in [0, 0.1) is 0 Å². The fraction of sp³-hybridized carbons (Fsp3) is 0.0909. The van der Waals surface area contributed by atoms with Crippen LogP contribution in [-0.2, 0) is 12.4 Å². The van der Waals surface area contributed by atoms with E-state index in [1.54, 1.807) is 36.4 Å². The number of nitrogens with zero attached hydrogens (tertiary/aromatic N) is 2. The molecule has 1 heterocycles. The summed E-state index contributed by atoms with van der Waals surface area (Å²) in [6.07, 6.45) is -10.0. The summed E-state index contributed by atoms with van der Waals surface area (Å²) in [6, 6.07) is 15.3. The van der Waals surface area contributed by atoms with Crippen molar-refractivity contribution in [3.8, 4) is 16.9 Å². The van der Waals surface area contributed by atoms with E-state index in [2.05, 4.69) is 5.10 Å². The van der Waals surface area contributed by atoms with Crippen LogP contribution in [0.15, 0.2) is 77.6 Å². The predicted octanol–water partition coefficient (Wildman–Crippen LogP) is 6.09. The van der Waals surface area contributed by atoms with Crippen LogP contribution in [-0.4, -0.2) is 9.78 Å². The van der Waals surface area contributed by atoms with Crippen molar-refractivity contribution in [2.75, 3.05) is 0 Å². The average Bonchev–Trinajstić information content (AvgIpc) is 2.73. The van der Waals surface area contributed by atoms with Crippen LogP contribution in [0.5, 0.6) is 0 Å². The summed E-state index contributed by atoms with van der Waals surface area (Å²) in [5.74, 6) is 0. The van der Waals surface area contributed by atoms with Gasteiger partial charge in [-0.25, -0.2) is 0 Å². The van der Waals surface area contributed by atoms with E-state index < -0.39 is 34.6 Å². The molecule has 0 spiro atoms. The number of benzene rings is 3. The lowest BCUT2D eigenvalue weighted by molar-refractivity contribution is -0.143. The standard InChI is InChI=1S/C22H12F6N2O/c23-21(24,25)14-10-13(11-15(12-14)22(26,27)28)19-17-8-4-5-9-18(17)20(31)30(29-19)16-6-2-1-3-7-16/h1-12H. The summed E-state index contributed by atoms with van der Waals surface area (Å²) < 4.78 is 80.9. The van der Waals surface area contributed by atoms with Gasteiger partial charge in [-0.1, -0.05) is 36.4 Å². The lowest BCUT2D eigenvalue weighted by atomic mass is 9.99. The Morgan fingerprint density at radius 2 is 1.19 bits per heavy atom. The molecule has 0 N–H and O–H groups in total. The molecule has 9 heteroatoms. The Kier molecular flexibility index (Phi) is 4.83. The molecule has 1 aromatic heterocycles. The van der Waals surface area contributed by atoms with Gasteiger partial charge in [0.25, 0.3) is 5.56 Å². The van der Waals surface area contributed by atoms with Gasteiger partial charge < -0.3 is 0 Å². The molecule has 0 aliphatic heterocycles. The fourth-order valence-corrected chi connectivity index (χ4v) is 3.24. The van der Waals surface area contributed by atoms with Crippen LogP contribution in [0.25, 0.3) is 27.7 Å². The second-order valence-corrected chi connectivity index (χ2v) is 6.74. The van der Waals surface area contributed by atoms with Crippen molar-refractivity contribution in [1.29, 1.82) is 0 Å². The number of halogens is 6. The average molecular weight is 434 g/mol. The summed E-state index contributed by atoms with van der Waals surface area (Å²) in [6.45, 7) is 0. The molecule has 158 valence electrons. The number of hydrogen-bond acceptors (Lipinski definition) is 2. The first-order chi connectivity index (χ1) is 14.6. The Morgan fingerprint density at radius 3 is 1.74 bits per heavy atom. The quantitative estimate of drug-likeness (QED) is 0.358. The van der Waals surface area contributed by atoms with Crippen molar-refractivity contribution >= 4 is 10.8 Å². The van der Waals surface area contributed by atoms with E-state index in [1.807, 2.05) is 0 Å². The monoisotopic (exact) mass is 434 g/mol. The van der Waals surface area contributed by atoms with Crippen LogP contribution in [0.1, 0.15) is 11.1 Å². The third kappa shape index (κ3) is 3.90. The molecule has 4 rings (SSSR count). The number of hydrogen-bond donors (Lipinski definition) is 0. The Bertz CT molecular complexity index is 1290. The molecule has 4 aromatic rings. The van der Waals surface area contributed by atoms with Crippen LogP contribution in [0.3, 0.4) is 0 Å². The zero-order valence-corrected chi connectivity index (χ0v) is 15.5. The van der Waals surface area contributed by atoms with E-state index in [0.717, 1.165) is 4.68 Å². The zero-order chi connectivity index (χ0) is 22.4. The third-order valence-electron chi connectivity index (χ3n) is 4.67. The minimum Gasteiger partial charge on any atom is -0.267 e. The number of rotatable bonds is 2. The minimum atomic E-state index is -5.00. The van der Waals surface area contributed by atoms with Crippen molar-refractivity contribution in [1.82, 2.24) is 9.78 Å². The summed E-state index contributed by atoms with van der Waals surface area (Å²) in [5.41, 5.74) is -3.71. The van der Waals surface area contributed by atoms with E-state index in [-0.39, 0.29) is 22.5 Å². The molecule has 31 heavy (non-hydrogen) atoms. The van der Waals surface area contributed by atoms with E-state index in [1.165, 1.54) is 18.2 Å². The molecule has 0 aliphatic rings. The predicted molar refractivity (Wildman–Crippen MR) is 103 cm³/mol. The van der Waals surface area contributed by atoms with Gasteiger partial charge in [0.05, 0.1) is 27.9 Å². The molecule has 3 aromatic carbocycles. The van der Waals surface area contributed by atoms with Crippen molar-refractivity contribution in [2.45, 2.75) is 12.4 Å². The molecule has 3 nitrogen and oxygen atoms in total. The largest absolute Gasteiger partial charge is 0.416 e. The molecule has 0 amide bonds. The molecule has 0 saturated carbocycles. The molecular formula is C22H12F6N2O. The molecule has 0 atom stereocenters. The summed E-state index contributed by atoms with van der Waals surface area (Å²) in [5, 5.41) is 4.42. The first-order valence-electron chi connectivity index (χ1n) is 8.93. The lowest BCUT2D eigenvalue weighted by Crippen LogP contribution is -2.22. The molecular weight excluding hydrogens is 422 g/mol. The highest BCUT2D eigenvalue weighted by molar-refractivity contribution is 5.94. The Morgan fingerprint density at radius 1 is 0.677 bits per heavy atom. The second kappa shape index (κ2) is 7.26. The first kappa shape index (κ1) is 20.6. The summed E-state index contributed by atoms with van der Waals surface area (Å²) in [7, 11) is 0. The normalized spacial score (nSPS) is 12.3. The van der Waals surface area contributed by atoms with Crippen molar-refractivity contribution in [3.63, 3.8) is 0 Å². The van der Waals surface area contributed by atoms with Crippen molar-refractivity contribution in [3.05, 3.63) is 94.3 Å². The van der Waals surface area contributed by atoms with Gasteiger partial charge in [0.15, 0.2) is 0 Å². The molecule has 0 unspecified atom stereocenters. The van der Waals surface area contributed by atoms with Crippen LogP contribution < -0.4 is 5.56 Å². The van der Waals surface area contributed by atoms with E-state index in [9.17, 15) is 31.1 Å². The number of aromatic nitrogens is 2. The highest BCUT2D eigenvalue weighted by atomic mass is 19.4. The van der Waals surface area contributed by atoms with Crippen LogP contribution in [0.4, 0.5) is 26.3 Å². The van der Waals surface area contributed by atoms with Gasteiger partial charge in [0, 0.05) is 10.9 Å². The SMILES string of the molecule is O=c1c2ccccc2c(-c2cc(C(F)(F)F)cc(C(F)(F)F)c2)nn1-c1ccccc1. The molecule has 0 radical (unpaired) electrons. The van der Waals surface area contributed by atoms with Gasteiger partial charge in [-0.15, -0.1) is 0 Å². The van der Waals surface area contributed by atoms with Gasteiger partial charge in [0.1, 0.15) is 0 Å². The Labute approximate surface area is 171 Å². The molecule has 0 saturated heterocycles. The van der Waals surface area contributed by atoms with Gasteiger partial charge in [-0.05, 0) is 36.4 Å². The Balaban J connectivity index is 2.09. The van der Waals surface area contributed by atoms with Crippen molar-refractivity contribution in [2.24, 2.45) is 0 Å². The highest BCUT2D eigenvalue weighted by Crippen LogP contribution is 2.39. The Hall–Kier alpha value is -3.62. The summed E-state index contributed by atoms with van der Waals surface area (Å²) >= 11 is 0.